The molecular weight excluding hydrogens is 222 g/mol. The van der Waals surface area contributed by atoms with Gasteiger partial charge < -0.3 is 19.9 Å². The zero-order valence-corrected chi connectivity index (χ0v) is 10.5. The number of hydrogen-bond acceptors (Lipinski definition) is 4. The Hall–Kier alpha value is -0.650. The number of aliphatic carboxylic acids is 1. The number of carbonyl (C=O) groups is 1. The Morgan fingerprint density at radius 2 is 2.41 bits per heavy atom. The van der Waals surface area contributed by atoms with E-state index in [1.165, 1.54) is 6.42 Å². The fourth-order valence-electron chi connectivity index (χ4n) is 1.79. The summed E-state index contributed by atoms with van der Waals surface area (Å²) in [5.74, 6) is -0.858. The second-order valence-electron chi connectivity index (χ2n) is 4.37. The maximum atomic E-state index is 10.9. The first-order valence-corrected chi connectivity index (χ1v) is 6.39. The van der Waals surface area contributed by atoms with Crippen LogP contribution in [0.2, 0.25) is 0 Å². The van der Waals surface area contributed by atoms with Gasteiger partial charge in [0.25, 0.3) is 0 Å². The number of ether oxygens (including phenoxy) is 2. The summed E-state index contributed by atoms with van der Waals surface area (Å²) in [6.07, 6.45) is 4.36. The highest BCUT2D eigenvalue weighted by atomic mass is 16.5. The lowest BCUT2D eigenvalue weighted by atomic mass is 10.1. The van der Waals surface area contributed by atoms with Crippen molar-refractivity contribution in [1.82, 2.24) is 5.32 Å². The molecule has 0 radical (unpaired) electrons. The number of carboxylic acid groups (broad SMARTS) is 1. The van der Waals surface area contributed by atoms with Crippen molar-refractivity contribution in [2.75, 3.05) is 26.4 Å². The van der Waals surface area contributed by atoms with Crippen LogP contribution in [0.15, 0.2) is 0 Å². The fourth-order valence-corrected chi connectivity index (χ4v) is 1.79. The molecule has 0 aromatic heterocycles. The van der Waals surface area contributed by atoms with Gasteiger partial charge in [0.2, 0.25) is 0 Å². The van der Waals surface area contributed by atoms with Crippen molar-refractivity contribution in [3.05, 3.63) is 0 Å². The smallest absolute Gasteiger partial charge is 0.323 e. The second-order valence-corrected chi connectivity index (χ2v) is 4.37. The standard InChI is InChI=1S/C12H23NO4/c1-2-6-13-11(12(14)15)9-16-8-10-5-3-4-7-17-10/h10-11,13H,2-9H2,1H3,(H,14,15). The molecule has 0 aromatic rings. The predicted octanol–water partition coefficient (Wildman–Crippen LogP) is 1.02. The van der Waals surface area contributed by atoms with Gasteiger partial charge in [0.15, 0.2) is 0 Å². The number of hydrogen-bond donors (Lipinski definition) is 2. The molecule has 0 bridgehead atoms. The monoisotopic (exact) mass is 245 g/mol. The molecule has 0 aliphatic carbocycles. The predicted molar refractivity (Wildman–Crippen MR) is 64.1 cm³/mol. The van der Waals surface area contributed by atoms with Gasteiger partial charge in [0.1, 0.15) is 6.04 Å². The average molecular weight is 245 g/mol. The third kappa shape index (κ3) is 6.00. The lowest BCUT2D eigenvalue weighted by Gasteiger charge is -2.23. The van der Waals surface area contributed by atoms with Crippen molar-refractivity contribution < 1.29 is 19.4 Å². The molecule has 1 aliphatic heterocycles. The topological polar surface area (TPSA) is 67.8 Å². The Bertz CT molecular complexity index is 217. The number of nitrogens with one attached hydrogen (secondary N) is 1. The van der Waals surface area contributed by atoms with Gasteiger partial charge in [0.05, 0.1) is 19.3 Å². The molecule has 5 nitrogen and oxygen atoms in total. The van der Waals surface area contributed by atoms with Crippen LogP contribution in [0.5, 0.6) is 0 Å². The Kier molecular flexibility index (Phi) is 7.16. The van der Waals surface area contributed by atoms with Gasteiger partial charge >= 0.3 is 5.97 Å². The van der Waals surface area contributed by atoms with Crippen LogP contribution in [-0.4, -0.2) is 49.6 Å². The van der Waals surface area contributed by atoms with Crippen LogP contribution in [0.25, 0.3) is 0 Å². The summed E-state index contributed by atoms with van der Waals surface area (Å²) in [5, 5.41) is 11.9. The summed E-state index contributed by atoms with van der Waals surface area (Å²) >= 11 is 0. The third-order valence-electron chi connectivity index (χ3n) is 2.80. The Balaban J connectivity index is 2.14. The van der Waals surface area contributed by atoms with E-state index in [4.69, 9.17) is 14.6 Å². The molecular formula is C12H23NO4. The van der Waals surface area contributed by atoms with Crippen LogP contribution in [0.3, 0.4) is 0 Å². The molecule has 1 aliphatic rings. The average Bonchev–Trinajstić information content (AvgIpc) is 2.34. The summed E-state index contributed by atoms with van der Waals surface area (Å²) in [6, 6.07) is -0.612. The molecule has 5 heteroatoms. The van der Waals surface area contributed by atoms with Gasteiger partial charge in [-0.05, 0) is 32.2 Å². The third-order valence-corrected chi connectivity index (χ3v) is 2.80. The highest BCUT2D eigenvalue weighted by Crippen LogP contribution is 2.12. The zero-order valence-electron chi connectivity index (χ0n) is 10.5. The molecule has 2 N–H and O–H groups in total. The molecule has 100 valence electrons. The minimum Gasteiger partial charge on any atom is -0.480 e. The molecule has 1 saturated heterocycles. The Morgan fingerprint density at radius 3 is 3.00 bits per heavy atom. The number of carboxylic acids is 1. The van der Waals surface area contributed by atoms with Gasteiger partial charge in [-0.3, -0.25) is 4.79 Å². The molecule has 2 unspecified atom stereocenters. The van der Waals surface area contributed by atoms with Crippen LogP contribution < -0.4 is 5.32 Å². The summed E-state index contributed by atoms with van der Waals surface area (Å²) in [4.78, 5) is 10.9. The van der Waals surface area contributed by atoms with Crippen molar-refractivity contribution in [3.63, 3.8) is 0 Å². The summed E-state index contributed by atoms with van der Waals surface area (Å²) in [7, 11) is 0. The van der Waals surface area contributed by atoms with Crippen molar-refractivity contribution in [1.29, 1.82) is 0 Å². The van der Waals surface area contributed by atoms with Gasteiger partial charge in [-0.25, -0.2) is 0 Å². The molecule has 0 aromatic carbocycles. The zero-order chi connectivity index (χ0) is 12.5. The molecule has 17 heavy (non-hydrogen) atoms. The Morgan fingerprint density at radius 1 is 1.59 bits per heavy atom. The molecule has 2 atom stereocenters. The lowest BCUT2D eigenvalue weighted by Crippen LogP contribution is -2.41. The summed E-state index contributed by atoms with van der Waals surface area (Å²) in [5.41, 5.74) is 0. The molecule has 1 fully saturated rings. The largest absolute Gasteiger partial charge is 0.480 e. The molecule has 0 amide bonds. The van der Waals surface area contributed by atoms with Crippen LogP contribution in [-0.2, 0) is 14.3 Å². The van der Waals surface area contributed by atoms with E-state index in [2.05, 4.69) is 5.32 Å². The Labute approximate surface area is 102 Å². The van der Waals surface area contributed by atoms with Crippen molar-refractivity contribution >= 4 is 5.97 Å². The minimum atomic E-state index is -0.858. The summed E-state index contributed by atoms with van der Waals surface area (Å²) in [6.45, 7) is 4.19. The number of rotatable bonds is 8. The normalized spacial score (nSPS) is 22.3. The maximum Gasteiger partial charge on any atom is 0.323 e. The maximum absolute atomic E-state index is 10.9. The first-order valence-electron chi connectivity index (χ1n) is 6.39. The molecule has 0 spiro atoms. The van der Waals surface area contributed by atoms with Gasteiger partial charge in [-0.2, -0.15) is 0 Å². The van der Waals surface area contributed by atoms with Gasteiger partial charge in [-0.15, -0.1) is 0 Å². The van der Waals surface area contributed by atoms with E-state index in [0.29, 0.717) is 13.2 Å². The van der Waals surface area contributed by atoms with E-state index < -0.39 is 12.0 Å². The van der Waals surface area contributed by atoms with Crippen LogP contribution >= 0.6 is 0 Å². The van der Waals surface area contributed by atoms with E-state index in [1.807, 2.05) is 6.92 Å². The van der Waals surface area contributed by atoms with Gasteiger partial charge in [-0.1, -0.05) is 6.92 Å². The van der Waals surface area contributed by atoms with E-state index >= 15 is 0 Å². The first-order chi connectivity index (χ1) is 8.24. The first kappa shape index (κ1) is 14.4. The molecule has 1 heterocycles. The van der Waals surface area contributed by atoms with Crippen molar-refractivity contribution in [3.8, 4) is 0 Å². The highest BCUT2D eigenvalue weighted by molar-refractivity contribution is 5.73. The van der Waals surface area contributed by atoms with Crippen LogP contribution in [0, 0.1) is 0 Å². The quantitative estimate of drug-likeness (QED) is 0.668. The highest BCUT2D eigenvalue weighted by Gasteiger charge is 2.18. The second kappa shape index (κ2) is 8.44. The van der Waals surface area contributed by atoms with E-state index in [-0.39, 0.29) is 12.7 Å². The lowest BCUT2D eigenvalue weighted by molar-refractivity contribution is -0.141. The summed E-state index contributed by atoms with van der Waals surface area (Å²) < 4.78 is 10.9. The van der Waals surface area contributed by atoms with Crippen molar-refractivity contribution in [2.45, 2.75) is 44.8 Å². The molecule has 1 rings (SSSR count). The fraction of sp³-hybridized carbons (Fsp3) is 0.917. The molecule has 0 saturated carbocycles. The van der Waals surface area contributed by atoms with E-state index in [1.54, 1.807) is 0 Å². The van der Waals surface area contributed by atoms with Crippen LogP contribution in [0.4, 0.5) is 0 Å². The van der Waals surface area contributed by atoms with E-state index in [9.17, 15) is 4.79 Å². The minimum absolute atomic E-state index is 0.143. The van der Waals surface area contributed by atoms with Crippen molar-refractivity contribution in [2.24, 2.45) is 0 Å². The van der Waals surface area contributed by atoms with E-state index in [0.717, 1.165) is 25.9 Å². The van der Waals surface area contributed by atoms with Crippen LogP contribution in [0.1, 0.15) is 32.6 Å². The SMILES string of the molecule is CCCNC(COCC1CCCCO1)C(=O)O. The van der Waals surface area contributed by atoms with Gasteiger partial charge in [0, 0.05) is 6.61 Å².